The molecule has 7 heteroatoms. The number of hydrazine groups is 1. The lowest BCUT2D eigenvalue weighted by molar-refractivity contribution is 0.0948. The normalized spacial score (nSPS) is 10.2. The Bertz CT molecular complexity index is 501. The molecule has 1 amide bonds. The topological polar surface area (TPSA) is 80.9 Å². The Morgan fingerprint density at radius 2 is 2.41 bits per heavy atom. The number of thiazole rings is 1. The molecule has 0 fully saturated rings. The first-order valence-electron chi connectivity index (χ1n) is 4.79. The van der Waals surface area contributed by atoms with E-state index in [0.29, 0.717) is 11.4 Å². The van der Waals surface area contributed by atoms with Crippen LogP contribution in [0.1, 0.15) is 16.2 Å². The second kappa shape index (κ2) is 5.76. The Morgan fingerprint density at radius 1 is 1.53 bits per heavy atom. The fourth-order valence-corrected chi connectivity index (χ4v) is 2.72. The van der Waals surface area contributed by atoms with Crippen LogP contribution in [0.5, 0.6) is 0 Å². The Labute approximate surface area is 106 Å². The number of nitrogens with zero attached hydrogens (tertiary/aromatic N) is 2. The van der Waals surface area contributed by atoms with Gasteiger partial charge in [0.15, 0.2) is 0 Å². The SMILES string of the molecule is NNC(=O)c1cccc(CSc2nccs2)n1. The fraction of sp³-hybridized carbons (Fsp3) is 0.100. The van der Waals surface area contributed by atoms with E-state index >= 15 is 0 Å². The van der Waals surface area contributed by atoms with Crippen LogP contribution in [0.4, 0.5) is 0 Å². The molecule has 0 unspecified atom stereocenters. The molecule has 2 heterocycles. The van der Waals surface area contributed by atoms with Crippen LogP contribution in [0, 0.1) is 0 Å². The van der Waals surface area contributed by atoms with Crippen molar-refractivity contribution in [3.05, 3.63) is 41.2 Å². The number of nitrogen functional groups attached to an aromatic ring is 1. The molecule has 0 atom stereocenters. The standard InChI is InChI=1S/C10H10N4OS2/c11-14-9(15)8-3-1-2-7(13-8)6-17-10-12-4-5-16-10/h1-5H,6,11H2,(H,14,15). The van der Waals surface area contributed by atoms with Gasteiger partial charge < -0.3 is 0 Å². The van der Waals surface area contributed by atoms with Crippen LogP contribution in [-0.4, -0.2) is 15.9 Å². The number of rotatable bonds is 4. The molecule has 2 aromatic rings. The maximum absolute atomic E-state index is 11.3. The second-order valence-electron chi connectivity index (χ2n) is 3.07. The van der Waals surface area contributed by atoms with Crippen LogP contribution in [-0.2, 0) is 5.75 Å². The summed E-state index contributed by atoms with van der Waals surface area (Å²) in [5.74, 6) is 5.35. The molecule has 0 aliphatic heterocycles. The van der Waals surface area contributed by atoms with Gasteiger partial charge in [0.1, 0.15) is 10.0 Å². The van der Waals surface area contributed by atoms with E-state index < -0.39 is 0 Å². The van der Waals surface area contributed by atoms with Crippen LogP contribution in [0.15, 0.2) is 34.1 Å². The first kappa shape index (κ1) is 12.0. The molecule has 0 aliphatic carbocycles. The van der Waals surface area contributed by atoms with Crippen molar-refractivity contribution in [1.29, 1.82) is 0 Å². The summed E-state index contributed by atoms with van der Waals surface area (Å²) >= 11 is 3.17. The van der Waals surface area contributed by atoms with Gasteiger partial charge in [-0.05, 0) is 12.1 Å². The first-order chi connectivity index (χ1) is 8.29. The molecule has 0 aromatic carbocycles. The van der Waals surface area contributed by atoms with E-state index in [1.165, 1.54) is 0 Å². The lowest BCUT2D eigenvalue weighted by Gasteiger charge is -2.02. The molecule has 3 N–H and O–H groups in total. The third-order valence-electron chi connectivity index (χ3n) is 1.92. The quantitative estimate of drug-likeness (QED) is 0.379. The van der Waals surface area contributed by atoms with Gasteiger partial charge in [-0.1, -0.05) is 17.8 Å². The molecule has 0 saturated heterocycles. The molecule has 0 aliphatic rings. The van der Waals surface area contributed by atoms with Crippen molar-refractivity contribution in [2.24, 2.45) is 5.84 Å². The Morgan fingerprint density at radius 3 is 3.12 bits per heavy atom. The van der Waals surface area contributed by atoms with E-state index in [-0.39, 0.29) is 5.91 Å². The summed E-state index contributed by atoms with van der Waals surface area (Å²) in [7, 11) is 0. The van der Waals surface area contributed by atoms with Crippen molar-refractivity contribution >= 4 is 29.0 Å². The second-order valence-corrected chi connectivity index (χ2v) is 5.19. The monoisotopic (exact) mass is 266 g/mol. The summed E-state index contributed by atoms with van der Waals surface area (Å²) in [6.45, 7) is 0. The van der Waals surface area contributed by atoms with E-state index in [9.17, 15) is 4.79 Å². The smallest absolute Gasteiger partial charge is 0.283 e. The number of nitrogens with two attached hydrogens (primary N) is 1. The molecule has 17 heavy (non-hydrogen) atoms. The molecular weight excluding hydrogens is 256 g/mol. The predicted molar refractivity (Wildman–Crippen MR) is 67.6 cm³/mol. The van der Waals surface area contributed by atoms with Crippen LogP contribution in [0.3, 0.4) is 0 Å². The maximum atomic E-state index is 11.3. The van der Waals surface area contributed by atoms with E-state index in [2.05, 4.69) is 15.4 Å². The minimum atomic E-state index is -0.383. The number of hydrogen-bond acceptors (Lipinski definition) is 6. The van der Waals surface area contributed by atoms with Gasteiger partial charge in [0.2, 0.25) is 0 Å². The van der Waals surface area contributed by atoms with Gasteiger partial charge in [-0.15, -0.1) is 11.3 Å². The predicted octanol–water partition coefficient (Wildman–Crippen LogP) is 1.43. The number of amides is 1. The van der Waals surface area contributed by atoms with E-state index in [1.54, 1.807) is 41.4 Å². The van der Waals surface area contributed by atoms with Crippen LogP contribution in [0.2, 0.25) is 0 Å². The van der Waals surface area contributed by atoms with Gasteiger partial charge in [-0.3, -0.25) is 10.2 Å². The summed E-state index contributed by atoms with van der Waals surface area (Å²) in [4.78, 5) is 19.6. The third kappa shape index (κ3) is 3.26. The number of carbonyl (C=O) groups excluding carboxylic acids is 1. The van der Waals surface area contributed by atoms with Crippen molar-refractivity contribution in [2.45, 2.75) is 10.1 Å². The molecule has 88 valence electrons. The molecule has 0 bridgehead atoms. The van der Waals surface area contributed by atoms with Gasteiger partial charge in [-0.25, -0.2) is 15.8 Å². The van der Waals surface area contributed by atoms with Gasteiger partial charge in [0.05, 0.1) is 5.69 Å². The number of thioether (sulfide) groups is 1. The number of hydrogen-bond donors (Lipinski definition) is 2. The molecule has 0 saturated carbocycles. The van der Waals surface area contributed by atoms with Gasteiger partial charge >= 0.3 is 0 Å². The number of nitrogens with one attached hydrogen (secondary N) is 1. The average Bonchev–Trinajstić information content (AvgIpc) is 2.89. The number of carbonyl (C=O) groups is 1. The Kier molecular flexibility index (Phi) is 4.08. The van der Waals surface area contributed by atoms with Crippen molar-refractivity contribution in [3.63, 3.8) is 0 Å². The highest BCUT2D eigenvalue weighted by atomic mass is 32.2. The van der Waals surface area contributed by atoms with Crippen molar-refractivity contribution in [3.8, 4) is 0 Å². The average molecular weight is 266 g/mol. The van der Waals surface area contributed by atoms with Crippen molar-refractivity contribution < 1.29 is 4.79 Å². The van der Waals surface area contributed by atoms with Crippen molar-refractivity contribution in [2.75, 3.05) is 0 Å². The highest BCUT2D eigenvalue weighted by molar-refractivity contribution is 8.00. The summed E-state index contributed by atoms with van der Waals surface area (Å²) in [6, 6.07) is 5.28. The lowest BCUT2D eigenvalue weighted by Crippen LogP contribution is -2.30. The summed E-state index contributed by atoms with van der Waals surface area (Å²) in [6.07, 6.45) is 1.76. The zero-order valence-corrected chi connectivity index (χ0v) is 10.4. The van der Waals surface area contributed by atoms with Gasteiger partial charge in [0.25, 0.3) is 5.91 Å². The summed E-state index contributed by atoms with van der Waals surface area (Å²) in [5, 5.41) is 1.92. The lowest BCUT2D eigenvalue weighted by atomic mass is 10.3. The maximum Gasteiger partial charge on any atom is 0.283 e. The minimum absolute atomic E-state index is 0.324. The first-order valence-corrected chi connectivity index (χ1v) is 6.65. The van der Waals surface area contributed by atoms with E-state index in [4.69, 9.17) is 5.84 Å². The van der Waals surface area contributed by atoms with Gasteiger partial charge in [0, 0.05) is 17.3 Å². The molecule has 2 aromatic heterocycles. The van der Waals surface area contributed by atoms with Crippen LogP contribution < -0.4 is 11.3 Å². The highest BCUT2D eigenvalue weighted by Gasteiger charge is 2.06. The molecule has 2 rings (SSSR count). The van der Waals surface area contributed by atoms with Crippen LogP contribution >= 0.6 is 23.1 Å². The molecular formula is C10H10N4OS2. The number of aromatic nitrogens is 2. The summed E-state index contributed by atoms with van der Waals surface area (Å²) < 4.78 is 0.987. The number of pyridine rings is 1. The highest BCUT2D eigenvalue weighted by Crippen LogP contribution is 2.23. The minimum Gasteiger partial charge on any atom is -0.289 e. The van der Waals surface area contributed by atoms with E-state index in [1.807, 2.05) is 11.4 Å². The van der Waals surface area contributed by atoms with Gasteiger partial charge in [-0.2, -0.15) is 0 Å². The van der Waals surface area contributed by atoms with Crippen LogP contribution in [0.25, 0.3) is 0 Å². The zero-order chi connectivity index (χ0) is 12.1. The van der Waals surface area contributed by atoms with E-state index in [0.717, 1.165) is 10.0 Å². The largest absolute Gasteiger partial charge is 0.289 e. The Balaban J connectivity index is 2.03. The summed E-state index contributed by atoms with van der Waals surface area (Å²) in [5.41, 5.74) is 3.21. The Hall–Kier alpha value is -1.44. The molecule has 0 spiro atoms. The zero-order valence-electron chi connectivity index (χ0n) is 8.79. The molecule has 5 nitrogen and oxygen atoms in total. The molecule has 0 radical (unpaired) electrons. The fourth-order valence-electron chi connectivity index (χ4n) is 1.18. The van der Waals surface area contributed by atoms with Crippen molar-refractivity contribution in [1.82, 2.24) is 15.4 Å². The third-order valence-corrected chi connectivity index (χ3v) is 3.92.